The molecule has 3 aromatic rings. The van der Waals surface area contributed by atoms with E-state index in [2.05, 4.69) is 4.98 Å². The highest BCUT2D eigenvalue weighted by molar-refractivity contribution is 7.87. The first-order valence-corrected chi connectivity index (χ1v) is 11.6. The highest BCUT2D eigenvalue weighted by Gasteiger charge is 2.31. The SMILES string of the molecule is BC(B)(B)c1c(OS(=O)(=O)c2ccc(C)cc2)nc(C)n(-c2cccc(Cl)c2Cl)c1=O. The topological polar surface area (TPSA) is 78.3 Å². The van der Waals surface area contributed by atoms with Crippen LogP contribution in [0, 0.1) is 13.8 Å². The van der Waals surface area contributed by atoms with Gasteiger partial charge in [0.15, 0.2) is 0 Å². The van der Waals surface area contributed by atoms with Crippen LogP contribution in [0.15, 0.2) is 52.2 Å². The number of aryl methyl sites for hydroxylation is 2. The lowest BCUT2D eigenvalue weighted by Gasteiger charge is -2.23. The minimum absolute atomic E-state index is 0.0283. The van der Waals surface area contributed by atoms with Crippen LogP contribution in [0.3, 0.4) is 0 Å². The predicted octanol–water partition coefficient (Wildman–Crippen LogP) is 0.933. The van der Waals surface area contributed by atoms with Crippen molar-refractivity contribution in [2.45, 2.75) is 23.9 Å². The van der Waals surface area contributed by atoms with Gasteiger partial charge in [-0.2, -0.15) is 13.4 Å². The Morgan fingerprint density at radius 2 is 1.65 bits per heavy atom. The van der Waals surface area contributed by atoms with E-state index in [1.165, 1.54) is 16.7 Å². The summed E-state index contributed by atoms with van der Waals surface area (Å²) in [6, 6.07) is 11.1. The first-order chi connectivity index (χ1) is 14.3. The quantitative estimate of drug-likeness (QED) is 0.406. The lowest BCUT2D eigenvalue weighted by Crippen LogP contribution is -2.39. The van der Waals surface area contributed by atoms with E-state index in [1.807, 2.05) is 6.92 Å². The van der Waals surface area contributed by atoms with Gasteiger partial charge < -0.3 is 4.18 Å². The largest absolute Gasteiger partial charge is 0.358 e. The fraction of sp³-hybridized carbons (Fsp3) is 0.158. The zero-order valence-electron chi connectivity index (χ0n) is 17.7. The zero-order valence-corrected chi connectivity index (χ0v) is 20.1. The fourth-order valence-corrected chi connectivity index (χ4v) is 4.38. The second-order valence-corrected chi connectivity index (χ2v) is 10.5. The standard InChI is InChI=1S/C19H19B3Cl2N2O4S/c1-10-6-8-12(9-7-10)31(28,29)30-17-15(19(20,21)22)18(27)26(11(2)25-17)14-5-3-4-13(23)16(14)24/h3-9H,20-22H2,1-2H3. The van der Waals surface area contributed by atoms with Crippen LogP contribution < -0.4 is 9.74 Å². The van der Waals surface area contributed by atoms with E-state index < -0.39 is 20.8 Å². The molecule has 6 nitrogen and oxygen atoms in total. The van der Waals surface area contributed by atoms with Crippen molar-refractivity contribution in [2.75, 3.05) is 0 Å². The van der Waals surface area contributed by atoms with E-state index in [0.29, 0.717) is 5.69 Å². The molecule has 0 bridgehead atoms. The van der Waals surface area contributed by atoms with E-state index in [9.17, 15) is 13.2 Å². The van der Waals surface area contributed by atoms with Crippen molar-refractivity contribution < 1.29 is 12.6 Å². The lowest BCUT2D eigenvalue weighted by molar-refractivity contribution is 0.468. The van der Waals surface area contributed by atoms with Crippen molar-refractivity contribution in [3.05, 3.63) is 79.8 Å². The Labute approximate surface area is 193 Å². The summed E-state index contributed by atoms with van der Waals surface area (Å²) in [4.78, 5) is 17.8. The molecular formula is C19H19B3Cl2N2O4S. The predicted molar refractivity (Wildman–Crippen MR) is 131 cm³/mol. The minimum atomic E-state index is -4.20. The molecule has 0 aliphatic heterocycles. The highest BCUT2D eigenvalue weighted by Crippen LogP contribution is 2.30. The molecule has 1 aromatic heterocycles. The molecule has 0 N–H and O–H groups in total. The molecule has 0 fully saturated rings. The lowest BCUT2D eigenvalue weighted by atomic mass is 9.40. The summed E-state index contributed by atoms with van der Waals surface area (Å²) in [6.45, 7) is 3.41. The van der Waals surface area contributed by atoms with Gasteiger partial charge in [-0.1, -0.05) is 52.1 Å². The van der Waals surface area contributed by atoms with Crippen molar-refractivity contribution in [1.29, 1.82) is 0 Å². The number of hydrogen-bond acceptors (Lipinski definition) is 5. The van der Waals surface area contributed by atoms with E-state index in [-0.39, 0.29) is 32.2 Å². The average molecular weight is 475 g/mol. The van der Waals surface area contributed by atoms with Gasteiger partial charge in [0.2, 0.25) is 5.88 Å². The number of halogens is 2. The number of aromatic nitrogens is 2. The van der Waals surface area contributed by atoms with Gasteiger partial charge in [0.1, 0.15) is 10.7 Å². The smallest absolute Gasteiger partial charge is 0.340 e. The number of benzene rings is 2. The van der Waals surface area contributed by atoms with Gasteiger partial charge in [-0.05, 0) is 38.1 Å². The molecule has 0 radical (unpaired) electrons. The molecule has 158 valence electrons. The summed E-state index contributed by atoms with van der Waals surface area (Å²) < 4.78 is 32.4. The molecule has 0 aliphatic rings. The van der Waals surface area contributed by atoms with Gasteiger partial charge in [0, 0.05) is 0 Å². The summed E-state index contributed by atoms with van der Waals surface area (Å²) in [5.41, 5.74) is 0.870. The van der Waals surface area contributed by atoms with Crippen molar-refractivity contribution >= 4 is 56.9 Å². The second kappa shape index (κ2) is 8.41. The molecule has 1 heterocycles. The van der Waals surface area contributed by atoms with Gasteiger partial charge in [-0.25, -0.2) is 0 Å². The molecule has 0 amide bonds. The second-order valence-electron chi connectivity index (χ2n) is 8.15. The summed E-state index contributed by atoms with van der Waals surface area (Å²) in [6.07, 6.45) is 0. The maximum absolute atomic E-state index is 13.5. The van der Waals surface area contributed by atoms with Crippen LogP contribution in [-0.4, -0.2) is 41.5 Å². The zero-order chi connectivity index (χ0) is 23.1. The summed E-state index contributed by atoms with van der Waals surface area (Å²) in [5.74, 6) is -0.0544. The Balaban J connectivity index is 2.24. The summed E-state index contributed by atoms with van der Waals surface area (Å²) >= 11 is 12.5. The van der Waals surface area contributed by atoms with E-state index in [1.54, 1.807) is 60.8 Å². The molecule has 12 heteroatoms. The van der Waals surface area contributed by atoms with Gasteiger partial charge >= 0.3 is 10.1 Å². The first-order valence-electron chi connectivity index (χ1n) is 9.42. The average Bonchev–Trinajstić information content (AvgIpc) is 2.63. The molecular weight excluding hydrogens is 456 g/mol. The fourth-order valence-electron chi connectivity index (χ4n) is 3.11. The first kappa shape index (κ1) is 23.5. The van der Waals surface area contributed by atoms with Crippen LogP contribution in [-0.2, 0) is 15.2 Å². The Bertz CT molecular complexity index is 1320. The molecule has 2 aromatic carbocycles. The molecule has 0 unspecified atom stereocenters. The van der Waals surface area contributed by atoms with Crippen molar-refractivity contribution in [1.82, 2.24) is 9.55 Å². The minimum Gasteiger partial charge on any atom is -0.358 e. The van der Waals surface area contributed by atoms with Gasteiger partial charge in [0.05, 0.1) is 44.8 Å². The number of hydrogen-bond donors (Lipinski definition) is 0. The third-order valence-electron chi connectivity index (χ3n) is 4.64. The molecule has 0 saturated carbocycles. The summed E-state index contributed by atoms with van der Waals surface area (Å²) in [5, 5.41) is -0.301. The maximum atomic E-state index is 13.5. The Morgan fingerprint density at radius 1 is 1.03 bits per heavy atom. The van der Waals surface area contributed by atoms with E-state index >= 15 is 0 Å². The Kier molecular flexibility index (Phi) is 6.38. The van der Waals surface area contributed by atoms with E-state index in [0.717, 1.165) is 5.56 Å². The highest BCUT2D eigenvalue weighted by atomic mass is 35.5. The van der Waals surface area contributed by atoms with Crippen molar-refractivity contribution in [3.8, 4) is 11.6 Å². The van der Waals surface area contributed by atoms with Gasteiger partial charge in [-0.15, -0.1) is 0 Å². The molecule has 0 atom stereocenters. The molecule has 3 rings (SSSR count). The van der Waals surface area contributed by atoms with Gasteiger partial charge in [0.25, 0.3) is 5.56 Å². The van der Waals surface area contributed by atoms with Crippen LogP contribution >= 0.6 is 23.2 Å². The van der Waals surface area contributed by atoms with Crippen LogP contribution in [0.1, 0.15) is 17.0 Å². The van der Waals surface area contributed by atoms with Crippen LogP contribution in [0.2, 0.25) is 10.0 Å². The monoisotopic (exact) mass is 474 g/mol. The van der Waals surface area contributed by atoms with Gasteiger partial charge in [-0.3, -0.25) is 9.36 Å². The number of nitrogens with zero attached hydrogens (tertiary/aromatic N) is 2. The summed E-state index contributed by atoms with van der Waals surface area (Å²) in [7, 11) is 1.12. The maximum Gasteiger partial charge on any atom is 0.340 e. The molecule has 0 saturated heterocycles. The van der Waals surface area contributed by atoms with Crippen molar-refractivity contribution in [3.63, 3.8) is 0 Å². The van der Waals surface area contributed by atoms with Crippen LogP contribution in [0.25, 0.3) is 5.69 Å². The normalized spacial score (nSPS) is 12.0. The van der Waals surface area contributed by atoms with E-state index in [4.69, 9.17) is 27.4 Å². The molecule has 0 aliphatic carbocycles. The Hall–Kier alpha value is -2.16. The third-order valence-corrected chi connectivity index (χ3v) is 6.67. The molecule has 31 heavy (non-hydrogen) atoms. The van der Waals surface area contributed by atoms with Crippen LogP contribution in [0.5, 0.6) is 5.88 Å². The third kappa shape index (κ3) is 4.71. The van der Waals surface area contributed by atoms with Crippen molar-refractivity contribution in [2.24, 2.45) is 0 Å². The molecule has 0 spiro atoms. The Morgan fingerprint density at radius 3 is 2.23 bits per heavy atom. The number of rotatable bonds is 5. The van der Waals surface area contributed by atoms with Crippen LogP contribution in [0.4, 0.5) is 0 Å².